The van der Waals surface area contributed by atoms with Gasteiger partial charge in [0.25, 0.3) is 5.91 Å². The summed E-state index contributed by atoms with van der Waals surface area (Å²) >= 11 is 1.60. The van der Waals surface area contributed by atoms with Gasteiger partial charge in [0.2, 0.25) is 5.91 Å². The molecular formula is C17H20N2O4S. The molecule has 24 heavy (non-hydrogen) atoms. The van der Waals surface area contributed by atoms with E-state index in [1.54, 1.807) is 28.8 Å². The maximum absolute atomic E-state index is 12.4. The van der Waals surface area contributed by atoms with Crippen LogP contribution in [0, 0.1) is 0 Å². The van der Waals surface area contributed by atoms with E-state index in [2.05, 4.69) is 5.32 Å². The number of benzene rings is 1. The zero-order valence-electron chi connectivity index (χ0n) is 13.7. The van der Waals surface area contributed by atoms with Gasteiger partial charge in [-0.05, 0) is 32.4 Å². The number of hydrogen-bond acceptors (Lipinski definition) is 5. The molecule has 1 aromatic carbocycles. The van der Waals surface area contributed by atoms with Crippen LogP contribution in [0.25, 0.3) is 0 Å². The van der Waals surface area contributed by atoms with E-state index >= 15 is 0 Å². The zero-order chi connectivity index (χ0) is 17.3. The monoisotopic (exact) mass is 348 g/mol. The largest absolute Gasteiger partial charge is 0.451 e. The summed E-state index contributed by atoms with van der Waals surface area (Å²) in [5.41, 5.74) is 0.643. The minimum atomic E-state index is -0.924. The van der Waals surface area contributed by atoms with Crippen molar-refractivity contribution >= 4 is 35.2 Å². The first kappa shape index (κ1) is 16.8. The summed E-state index contributed by atoms with van der Waals surface area (Å²) in [4.78, 5) is 37.9. The molecule has 0 aromatic heterocycles. The number of esters is 1. The third-order valence-corrected chi connectivity index (χ3v) is 5.93. The predicted molar refractivity (Wildman–Crippen MR) is 91.4 cm³/mol. The second-order valence-electron chi connectivity index (χ2n) is 6.20. The molecule has 0 bridgehead atoms. The van der Waals surface area contributed by atoms with Gasteiger partial charge in [-0.3, -0.25) is 9.59 Å². The lowest BCUT2D eigenvalue weighted by atomic mass is 10.2. The maximum atomic E-state index is 12.4. The molecule has 3 atom stereocenters. The average Bonchev–Trinajstić information content (AvgIpc) is 3.05. The summed E-state index contributed by atoms with van der Waals surface area (Å²) in [6.07, 6.45) is 0.272. The number of rotatable bonds is 4. The number of nitrogens with one attached hydrogen (secondary N) is 1. The van der Waals surface area contributed by atoms with Crippen LogP contribution < -0.4 is 5.32 Å². The molecule has 3 rings (SSSR count). The Morgan fingerprint density at radius 3 is 2.79 bits per heavy atom. The van der Waals surface area contributed by atoms with Crippen LogP contribution in [0.15, 0.2) is 30.3 Å². The van der Waals surface area contributed by atoms with Crippen LogP contribution in [0.2, 0.25) is 0 Å². The first-order chi connectivity index (χ1) is 11.4. The lowest BCUT2D eigenvalue weighted by Gasteiger charge is -2.29. The molecule has 2 fully saturated rings. The highest BCUT2D eigenvalue weighted by Crippen LogP contribution is 2.47. The maximum Gasteiger partial charge on any atom is 0.330 e. The van der Waals surface area contributed by atoms with Gasteiger partial charge >= 0.3 is 5.97 Å². The number of carbonyl (C=O) groups is 3. The molecule has 2 amide bonds. The standard InChI is InChI=1S/C17H20N2O4S/c1-11(15(21)18-12-6-4-3-5-7-12)23-16(22)13-10-24-17(2)9-8-14(20)19(13)17/h3-7,11,13H,8-10H2,1-2H3,(H,18,21)/t11-,13-,17+/m1/s1. The molecule has 0 radical (unpaired) electrons. The second kappa shape index (κ2) is 6.47. The normalized spacial score (nSPS) is 26.8. The van der Waals surface area contributed by atoms with Gasteiger partial charge in [0.15, 0.2) is 6.10 Å². The minimum Gasteiger partial charge on any atom is -0.451 e. The Bertz CT molecular complexity index is 666. The number of nitrogens with zero attached hydrogens (tertiary/aromatic N) is 1. The van der Waals surface area contributed by atoms with Gasteiger partial charge < -0.3 is 15.0 Å². The van der Waals surface area contributed by atoms with E-state index in [-0.39, 0.29) is 10.8 Å². The van der Waals surface area contributed by atoms with Crippen molar-refractivity contribution in [3.05, 3.63) is 30.3 Å². The SMILES string of the molecule is C[C@@H](OC(=O)[C@H]1CS[C@@]2(C)CCC(=O)N12)C(=O)Nc1ccccc1. The van der Waals surface area contributed by atoms with Crippen molar-refractivity contribution in [2.24, 2.45) is 0 Å². The summed E-state index contributed by atoms with van der Waals surface area (Å²) in [5, 5.41) is 2.70. The highest BCUT2D eigenvalue weighted by Gasteiger charge is 2.53. The Labute approximate surface area is 144 Å². The van der Waals surface area contributed by atoms with E-state index in [9.17, 15) is 14.4 Å². The summed E-state index contributed by atoms with van der Waals surface area (Å²) in [6, 6.07) is 8.37. The van der Waals surface area contributed by atoms with Gasteiger partial charge in [-0.1, -0.05) is 18.2 Å². The number of ether oxygens (including phenoxy) is 1. The summed E-state index contributed by atoms with van der Waals surface area (Å²) in [6.45, 7) is 3.50. The van der Waals surface area contributed by atoms with E-state index in [1.807, 2.05) is 25.1 Å². The van der Waals surface area contributed by atoms with Gasteiger partial charge in [0, 0.05) is 17.9 Å². The van der Waals surface area contributed by atoms with Crippen LogP contribution >= 0.6 is 11.8 Å². The van der Waals surface area contributed by atoms with Gasteiger partial charge in [-0.25, -0.2) is 4.79 Å². The van der Waals surface area contributed by atoms with Crippen molar-refractivity contribution in [3.63, 3.8) is 0 Å². The molecule has 6 nitrogen and oxygen atoms in total. The zero-order valence-corrected chi connectivity index (χ0v) is 14.5. The predicted octanol–water partition coefficient (Wildman–Crippen LogP) is 2.01. The summed E-state index contributed by atoms with van der Waals surface area (Å²) in [5.74, 6) is -0.424. The van der Waals surface area contributed by atoms with E-state index < -0.39 is 24.0 Å². The molecule has 128 valence electrons. The fourth-order valence-corrected chi connectivity index (χ4v) is 4.48. The summed E-state index contributed by atoms with van der Waals surface area (Å²) in [7, 11) is 0. The molecule has 7 heteroatoms. The lowest BCUT2D eigenvalue weighted by Crippen LogP contribution is -2.48. The molecule has 2 aliphatic rings. The topological polar surface area (TPSA) is 75.7 Å². The molecule has 0 spiro atoms. The van der Waals surface area contributed by atoms with Crippen molar-refractivity contribution in [3.8, 4) is 0 Å². The average molecular weight is 348 g/mol. The highest BCUT2D eigenvalue weighted by molar-refractivity contribution is 8.01. The number of fused-ring (bicyclic) bond motifs is 1. The third kappa shape index (κ3) is 3.13. The van der Waals surface area contributed by atoms with Gasteiger partial charge in [0.05, 0.1) is 4.87 Å². The van der Waals surface area contributed by atoms with Crippen molar-refractivity contribution in [1.82, 2.24) is 4.90 Å². The van der Waals surface area contributed by atoms with E-state index in [1.165, 1.54) is 6.92 Å². The van der Waals surface area contributed by atoms with E-state index in [0.29, 0.717) is 17.9 Å². The molecule has 0 saturated carbocycles. The van der Waals surface area contributed by atoms with Crippen LogP contribution in [-0.4, -0.2) is 45.5 Å². The highest BCUT2D eigenvalue weighted by atomic mass is 32.2. The molecular weight excluding hydrogens is 328 g/mol. The van der Waals surface area contributed by atoms with Crippen LogP contribution in [-0.2, 0) is 19.1 Å². The summed E-state index contributed by atoms with van der Waals surface area (Å²) < 4.78 is 5.31. The van der Waals surface area contributed by atoms with Gasteiger partial charge in [-0.2, -0.15) is 0 Å². The molecule has 1 N–H and O–H groups in total. The fraction of sp³-hybridized carbons (Fsp3) is 0.471. The third-order valence-electron chi connectivity index (χ3n) is 4.42. The number of anilines is 1. The molecule has 2 saturated heterocycles. The van der Waals surface area contributed by atoms with Crippen molar-refractivity contribution in [2.45, 2.75) is 43.7 Å². The van der Waals surface area contributed by atoms with Crippen LogP contribution in [0.5, 0.6) is 0 Å². The number of hydrogen-bond donors (Lipinski definition) is 1. The first-order valence-corrected chi connectivity index (χ1v) is 8.92. The number of carbonyl (C=O) groups excluding carboxylic acids is 3. The first-order valence-electron chi connectivity index (χ1n) is 7.93. The number of thioether (sulfide) groups is 1. The molecule has 2 aliphatic heterocycles. The number of amides is 2. The number of para-hydroxylation sites is 1. The van der Waals surface area contributed by atoms with Gasteiger partial charge in [-0.15, -0.1) is 11.8 Å². The van der Waals surface area contributed by atoms with E-state index in [0.717, 1.165) is 6.42 Å². The quantitative estimate of drug-likeness (QED) is 0.843. The van der Waals surface area contributed by atoms with Crippen LogP contribution in [0.4, 0.5) is 5.69 Å². The fourth-order valence-electron chi connectivity index (χ4n) is 3.07. The Balaban J connectivity index is 1.60. The van der Waals surface area contributed by atoms with Crippen LogP contribution in [0.1, 0.15) is 26.7 Å². The lowest BCUT2D eigenvalue weighted by molar-refractivity contribution is -0.160. The molecule has 1 aromatic rings. The van der Waals surface area contributed by atoms with Crippen molar-refractivity contribution in [2.75, 3.05) is 11.1 Å². The smallest absolute Gasteiger partial charge is 0.330 e. The van der Waals surface area contributed by atoms with E-state index in [4.69, 9.17) is 4.74 Å². The Morgan fingerprint density at radius 1 is 1.38 bits per heavy atom. The second-order valence-corrected chi connectivity index (χ2v) is 7.70. The van der Waals surface area contributed by atoms with Gasteiger partial charge in [0.1, 0.15) is 6.04 Å². The molecule has 2 heterocycles. The Morgan fingerprint density at radius 2 is 2.08 bits per heavy atom. The Hall–Kier alpha value is -2.02. The molecule has 0 unspecified atom stereocenters. The van der Waals surface area contributed by atoms with Crippen molar-refractivity contribution in [1.29, 1.82) is 0 Å². The Kier molecular flexibility index (Phi) is 4.54. The van der Waals surface area contributed by atoms with Crippen molar-refractivity contribution < 1.29 is 19.1 Å². The molecule has 0 aliphatic carbocycles. The van der Waals surface area contributed by atoms with Crippen LogP contribution in [0.3, 0.4) is 0 Å². The minimum absolute atomic E-state index is 0.0224.